The summed E-state index contributed by atoms with van der Waals surface area (Å²) >= 11 is 1.30. The Kier molecular flexibility index (Phi) is 3.54. The van der Waals surface area contributed by atoms with Crippen LogP contribution in [0.3, 0.4) is 0 Å². The summed E-state index contributed by atoms with van der Waals surface area (Å²) in [5, 5.41) is 4.44. The number of carbonyl (C=O) groups is 1. The van der Waals surface area contributed by atoms with Crippen molar-refractivity contribution in [1.29, 1.82) is 0 Å². The van der Waals surface area contributed by atoms with Gasteiger partial charge >= 0.3 is 0 Å². The fraction of sp³-hybridized carbons (Fsp3) is 0.556. The second-order valence-electron chi connectivity index (χ2n) is 2.88. The second kappa shape index (κ2) is 4.46. The first-order chi connectivity index (χ1) is 6.13. The van der Waals surface area contributed by atoms with Crippen LogP contribution in [0.1, 0.15) is 25.2 Å². The van der Waals surface area contributed by atoms with E-state index in [0.29, 0.717) is 5.75 Å². The third kappa shape index (κ3) is 2.88. The van der Waals surface area contributed by atoms with E-state index in [4.69, 9.17) is 0 Å². The van der Waals surface area contributed by atoms with E-state index in [1.165, 1.54) is 17.5 Å². The SMILES string of the molecule is CCc1cc(CSC(C)=O)nn1C. The topological polar surface area (TPSA) is 34.9 Å². The van der Waals surface area contributed by atoms with Crippen LogP contribution in [-0.4, -0.2) is 14.9 Å². The smallest absolute Gasteiger partial charge is 0.186 e. The van der Waals surface area contributed by atoms with Gasteiger partial charge in [-0.15, -0.1) is 0 Å². The Bertz CT molecular complexity index is 307. The molecule has 0 N–H and O–H groups in total. The van der Waals surface area contributed by atoms with E-state index in [1.54, 1.807) is 6.92 Å². The molecule has 0 spiro atoms. The molecule has 0 aliphatic carbocycles. The van der Waals surface area contributed by atoms with Crippen molar-refractivity contribution in [2.45, 2.75) is 26.0 Å². The van der Waals surface area contributed by atoms with Gasteiger partial charge in [0.2, 0.25) is 0 Å². The number of rotatable bonds is 3. The average molecular weight is 198 g/mol. The van der Waals surface area contributed by atoms with Gasteiger partial charge < -0.3 is 0 Å². The molecule has 0 atom stereocenters. The van der Waals surface area contributed by atoms with E-state index in [-0.39, 0.29) is 5.12 Å². The lowest BCUT2D eigenvalue weighted by Crippen LogP contribution is -1.96. The van der Waals surface area contributed by atoms with Gasteiger partial charge in [0, 0.05) is 25.4 Å². The van der Waals surface area contributed by atoms with Gasteiger partial charge in [-0.3, -0.25) is 9.48 Å². The Morgan fingerprint density at radius 2 is 2.38 bits per heavy atom. The van der Waals surface area contributed by atoms with Crippen molar-refractivity contribution < 1.29 is 4.79 Å². The Morgan fingerprint density at radius 3 is 2.85 bits per heavy atom. The summed E-state index contributed by atoms with van der Waals surface area (Å²) in [5.41, 5.74) is 2.19. The van der Waals surface area contributed by atoms with E-state index in [2.05, 4.69) is 18.1 Å². The van der Waals surface area contributed by atoms with E-state index in [1.807, 2.05) is 11.7 Å². The molecule has 0 aliphatic rings. The van der Waals surface area contributed by atoms with Crippen molar-refractivity contribution >= 4 is 16.9 Å². The zero-order valence-corrected chi connectivity index (χ0v) is 9.02. The predicted molar refractivity (Wildman–Crippen MR) is 54.6 cm³/mol. The lowest BCUT2D eigenvalue weighted by atomic mass is 10.3. The van der Waals surface area contributed by atoms with Crippen molar-refractivity contribution in [2.24, 2.45) is 7.05 Å². The fourth-order valence-corrected chi connectivity index (χ4v) is 1.64. The van der Waals surface area contributed by atoms with Crippen molar-refractivity contribution in [3.8, 4) is 0 Å². The van der Waals surface area contributed by atoms with E-state index >= 15 is 0 Å². The van der Waals surface area contributed by atoms with Crippen LogP contribution in [0.2, 0.25) is 0 Å². The minimum absolute atomic E-state index is 0.142. The second-order valence-corrected chi connectivity index (χ2v) is 4.04. The Labute approximate surface area is 82.5 Å². The minimum Gasteiger partial charge on any atom is -0.288 e. The normalized spacial score (nSPS) is 10.4. The molecule has 1 heterocycles. The van der Waals surface area contributed by atoms with Crippen LogP contribution in [-0.2, 0) is 24.0 Å². The van der Waals surface area contributed by atoms with Gasteiger partial charge in [-0.05, 0) is 12.5 Å². The summed E-state index contributed by atoms with van der Waals surface area (Å²) in [6.45, 7) is 3.67. The zero-order valence-electron chi connectivity index (χ0n) is 8.20. The number of thioether (sulfide) groups is 1. The molecular weight excluding hydrogens is 184 g/mol. The first-order valence-corrected chi connectivity index (χ1v) is 5.27. The number of hydrogen-bond acceptors (Lipinski definition) is 3. The van der Waals surface area contributed by atoms with Crippen molar-refractivity contribution in [1.82, 2.24) is 9.78 Å². The average Bonchev–Trinajstić information content (AvgIpc) is 2.43. The number of hydrogen-bond donors (Lipinski definition) is 0. The van der Waals surface area contributed by atoms with Gasteiger partial charge in [0.1, 0.15) is 0 Å². The largest absolute Gasteiger partial charge is 0.288 e. The summed E-state index contributed by atoms with van der Waals surface area (Å²) in [6.07, 6.45) is 0.980. The van der Waals surface area contributed by atoms with Crippen LogP contribution in [0, 0.1) is 0 Å². The molecule has 3 nitrogen and oxygen atoms in total. The molecule has 0 aromatic carbocycles. The third-order valence-corrected chi connectivity index (χ3v) is 2.66. The van der Waals surface area contributed by atoms with E-state index in [9.17, 15) is 4.79 Å². The maximum atomic E-state index is 10.7. The third-order valence-electron chi connectivity index (χ3n) is 1.81. The molecule has 0 aliphatic heterocycles. The maximum Gasteiger partial charge on any atom is 0.186 e. The van der Waals surface area contributed by atoms with Crippen molar-refractivity contribution in [2.75, 3.05) is 0 Å². The molecule has 72 valence electrons. The van der Waals surface area contributed by atoms with Gasteiger partial charge in [0.25, 0.3) is 0 Å². The standard InChI is InChI=1S/C9H14N2OS/c1-4-9-5-8(10-11(9)3)6-13-7(2)12/h5H,4,6H2,1-3H3. The number of nitrogens with zero attached hydrogens (tertiary/aromatic N) is 2. The highest BCUT2D eigenvalue weighted by molar-refractivity contribution is 8.12. The van der Waals surface area contributed by atoms with Crippen LogP contribution in [0.15, 0.2) is 6.07 Å². The number of aromatic nitrogens is 2. The Hall–Kier alpha value is -0.770. The highest BCUT2D eigenvalue weighted by Gasteiger charge is 2.04. The molecule has 1 rings (SSSR count). The molecule has 13 heavy (non-hydrogen) atoms. The predicted octanol–water partition coefficient (Wildman–Crippen LogP) is 1.76. The quantitative estimate of drug-likeness (QED) is 0.742. The molecule has 0 amide bonds. The molecule has 1 aromatic rings. The first-order valence-electron chi connectivity index (χ1n) is 4.28. The van der Waals surface area contributed by atoms with Gasteiger partial charge in [0.15, 0.2) is 5.12 Å². The zero-order chi connectivity index (χ0) is 9.84. The van der Waals surface area contributed by atoms with Crippen LogP contribution in [0.25, 0.3) is 0 Å². The summed E-state index contributed by atoms with van der Waals surface area (Å²) in [4.78, 5) is 10.7. The van der Waals surface area contributed by atoms with Gasteiger partial charge in [-0.2, -0.15) is 5.10 Å². The lowest BCUT2D eigenvalue weighted by Gasteiger charge is -1.93. The summed E-state index contributed by atoms with van der Waals surface area (Å²) in [5.74, 6) is 0.684. The Balaban J connectivity index is 2.62. The summed E-state index contributed by atoms with van der Waals surface area (Å²) in [6, 6.07) is 2.05. The summed E-state index contributed by atoms with van der Waals surface area (Å²) in [7, 11) is 1.93. The molecular formula is C9H14N2OS. The van der Waals surface area contributed by atoms with Gasteiger partial charge in [0.05, 0.1) is 5.69 Å². The highest BCUT2D eigenvalue weighted by atomic mass is 32.2. The highest BCUT2D eigenvalue weighted by Crippen LogP contribution is 2.12. The molecule has 1 aromatic heterocycles. The van der Waals surface area contributed by atoms with Gasteiger partial charge in [-0.25, -0.2) is 0 Å². The monoisotopic (exact) mass is 198 g/mol. The lowest BCUT2D eigenvalue weighted by molar-refractivity contribution is -0.109. The number of aryl methyl sites for hydroxylation is 2. The van der Waals surface area contributed by atoms with Crippen molar-refractivity contribution in [3.05, 3.63) is 17.5 Å². The van der Waals surface area contributed by atoms with Crippen LogP contribution < -0.4 is 0 Å². The minimum atomic E-state index is 0.142. The fourth-order valence-electron chi connectivity index (χ4n) is 1.15. The van der Waals surface area contributed by atoms with Gasteiger partial charge in [-0.1, -0.05) is 18.7 Å². The maximum absolute atomic E-state index is 10.7. The Morgan fingerprint density at radius 1 is 1.69 bits per heavy atom. The van der Waals surface area contributed by atoms with E-state index in [0.717, 1.165) is 12.1 Å². The molecule has 0 saturated carbocycles. The van der Waals surface area contributed by atoms with E-state index < -0.39 is 0 Å². The van der Waals surface area contributed by atoms with Crippen LogP contribution >= 0.6 is 11.8 Å². The van der Waals surface area contributed by atoms with Crippen LogP contribution in [0.4, 0.5) is 0 Å². The first kappa shape index (κ1) is 10.3. The molecule has 0 saturated heterocycles. The van der Waals surface area contributed by atoms with Crippen LogP contribution in [0.5, 0.6) is 0 Å². The summed E-state index contributed by atoms with van der Waals surface area (Å²) < 4.78 is 1.87. The number of carbonyl (C=O) groups excluding carboxylic acids is 1. The molecule has 0 unspecified atom stereocenters. The molecule has 0 fully saturated rings. The molecule has 0 bridgehead atoms. The van der Waals surface area contributed by atoms with Crippen molar-refractivity contribution in [3.63, 3.8) is 0 Å². The molecule has 0 radical (unpaired) electrons. The molecule has 4 heteroatoms.